The molecule has 0 aliphatic heterocycles. The maximum Gasteiger partial charge on any atom is 0.473 e. The van der Waals surface area contributed by atoms with Crippen molar-refractivity contribution in [3.05, 3.63) is 28.5 Å². The van der Waals surface area contributed by atoms with Crippen LogP contribution >= 0.6 is 11.6 Å². The van der Waals surface area contributed by atoms with Crippen LogP contribution in [0.1, 0.15) is 17.3 Å². The molecule has 6 nitrogen and oxygen atoms in total. The summed E-state index contributed by atoms with van der Waals surface area (Å²) in [6.07, 6.45) is -9.98. The fourth-order valence-electron chi connectivity index (χ4n) is 1.87. The number of hydrogen-bond acceptors (Lipinski definition) is 4. The molecule has 0 saturated heterocycles. The van der Waals surface area contributed by atoms with Crippen LogP contribution in [0.4, 0.5) is 30.7 Å². The molecule has 0 spiro atoms. The van der Waals surface area contributed by atoms with Gasteiger partial charge in [0.2, 0.25) is 10.9 Å². The Hall–Kier alpha value is -1.80. The van der Waals surface area contributed by atoms with Crippen LogP contribution in [0.3, 0.4) is 0 Å². The van der Waals surface area contributed by atoms with Gasteiger partial charge >= 0.3 is 12.5 Å². The van der Waals surface area contributed by atoms with Crippen molar-refractivity contribution in [2.24, 2.45) is 0 Å². The molecule has 1 atom stereocenters. The molecule has 0 aliphatic carbocycles. The highest BCUT2D eigenvalue weighted by Crippen LogP contribution is 2.28. The molecule has 15 heteroatoms. The van der Waals surface area contributed by atoms with Gasteiger partial charge in [-0.15, -0.1) is 4.31 Å². The van der Waals surface area contributed by atoms with Crippen LogP contribution in [0.5, 0.6) is 5.75 Å². The van der Waals surface area contributed by atoms with E-state index in [2.05, 4.69) is 0 Å². The van der Waals surface area contributed by atoms with E-state index in [9.17, 15) is 43.9 Å². The fourth-order valence-corrected chi connectivity index (χ4v) is 2.68. The molecule has 1 amide bonds. The SMILES string of the molecule is C[C@H](COc1cc(C(=O)NCC(F)(F)F)c(Cl)cc1F)N([SH](=O)=O)C(F)(F)F. The molecule has 0 heterocycles. The first-order valence-corrected chi connectivity index (χ1v) is 8.61. The van der Waals surface area contributed by atoms with Gasteiger partial charge in [0.15, 0.2) is 11.6 Å². The molecular weight excluding hydrogens is 449 g/mol. The van der Waals surface area contributed by atoms with Gasteiger partial charge < -0.3 is 10.1 Å². The Morgan fingerprint density at radius 2 is 1.82 bits per heavy atom. The zero-order chi connectivity index (χ0) is 21.9. The standard InChI is InChI=1S/C13H12ClF7N2O4S/c1-6(23(28(25)26)13(19,20)21)4-27-10-2-7(8(14)3-9(10)15)11(24)22-5-12(16,17)18/h2-3,6,28H,4-5H2,1H3,(H,22,24)/t6-/m1/s1. The summed E-state index contributed by atoms with van der Waals surface area (Å²) in [5.41, 5.74) is -0.627. The van der Waals surface area contributed by atoms with Gasteiger partial charge in [-0.25, -0.2) is 12.8 Å². The number of benzene rings is 1. The number of nitrogens with zero attached hydrogens (tertiary/aromatic N) is 1. The van der Waals surface area contributed by atoms with Crippen LogP contribution in [-0.2, 0) is 10.9 Å². The van der Waals surface area contributed by atoms with E-state index in [-0.39, 0.29) is 0 Å². The van der Waals surface area contributed by atoms with E-state index in [1.54, 1.807) is 0 Å². The van der Waals surface area contributed by atoms with E-state index < -0.39 is 74.9 Å². The Morgan fingerprint density at radius 3 is 2.29 bits per heavy atom. The first-order valence-electron chi connectivity index (χ1n) is 7.10. The van der Waals surface area contributed by atoms with Gasteiger partial charge in [-0.3, -0.25) is 4.79 Å². The van der Waals surface area contributed by atoms with Gasteiger partial charge in [0, 0.05) is 0 Å². The number of amides is 1. The molecule has 1 rings (SSSR count). The molecule has 0 fully saturated rings. The molecule has 0 saturated carbocycles. The van der Waals surface area contributed by atoms with Crippen LogP contribution in [0.25, 0.3) is 0 Å². The Morgan fingerprint density at radius 1 is 1.25 bits per heavy atom. The largest absolute Gasteiger partial charge is 0.489 e. The summed E-state index contributed by atoms with van der Waals surface area (Å²) in [4.78, 5) is 11.7. The van der Waals surface area contributed by atoms with Gasteiger partial charge in [-0.05, 0) is 19.1 Å². The Labute approximate surface area is 160 Å². The molecule has 1 N–H and O–H groups in total. The van der Waals surface area contributed by atoms with Crippen molar-refractivity contribution >= 4 is 28.4 Å². The molecule has 0 aromatic heterocycles. The number of alkyl halides is 6. The van der Waals surface area contributed by atoms with Gasteiger partial charge in [0.25, 0.3) is 5.91 Å². The van der Waals surface area contributed by atoms with Gasteiger partial charge in [-0.2, -0.15) is 26.3 Å². The second-order valence-corrected chi connectivity index (χ2v) is 6.58. The van der Waals surface area contributed by atoms with E-state index in [1.165, 1.54) is 5.32 Å². The van der Waals surface area contributed by atoms with E-state index >= 15 is 0 Å². The molecule has 0 radical (unpaired) electrons. The maximum atomic E-state index is 13.8. The summed E-state index contributed by atoms with van der Waals surface area (Å²) in [5.74, 6) is -3.37. The molecule has 0 bridgehead atoms. The van der Waals surface area contributed by atoms with E-state index in [0.29, 0.717) is 12.1 Å². The minimum Gasteiger partial charge on any atom is -0.489 e. The van der Waals surface area contributed by atoms with Crippen molar-refractivity contribution in [3.8, 4) is 5.75 Å². The predicted octanol–water partition coefficient (Wildman–Crippen LogP) is 2.89. The van der Waals surface area contributed by atoms with Crippen LogP contribution in [0.2, 0.25) is 5.02 Å². The molecule has 160 valence electrons. The highest BCUT2D eigenvalue weighted by molar-refractivity contribution is 7.69. The van der Waals surface area contributed by atoms with E-state index in [4.69, 9.17) is 16.3 Å². The van der Waals surface area contributed by atoms with Crippen molar-refractivity contribution in [2.45, 2.75) is 25.4 Å². The lowest BCUT2D eigenvalue weighted by atomic mass is 10.2. The lowest BCUT2D eigenvalue weighted by Crippen LogP contribution is -2.45. The number of ether oxygens (including phenoxy) is 1. The third kappa shape index (κ3) is 6.98. The minimum atomic E-state index is -5.25. The van der Waals surface area contributed by atoms with Crippen LogP contribution < -0.4 is 10.1 Å². The number of carbonyl (C=O) groups is 1. The summed E-state index contributed by atoms with van der Waals surface area (Å²) >= 11 is 5.59. The summed E-state index contributed by atoms with van der Waals surface area (Å²) < 4.78 is 114. The highest BCUT2D eigenvalue weighted by Gasteiger charge is 2.43. The first-order chi connectivity index (χ1) is 12.6. The lowest BCUT2D eigenvalue weighted by Gasteiger charge is -2.25. The number of hydrogen-bond donors (Lipinski definition) is 2. The number of nitrogens with one attached hydrogen (secondary N) is 1. The minimum absolute atomic E-state index is 0.514. The summed E-state index contributed by atoms with van der Waals surface area (Å²) in [6, 6.07) is -0.705. The van der Waals surface area contributed by atoms with Gasteiger partial charge in [-0.1, -0.05) is 11.6 Å². The third-order valence-electron chi connectivity index (χ3n) is 3.05. The zero-order valence-electron chi connectivity index (χ0n) is 13.7. The van der Waals surface area contributed by atoms with Crippen molar-refractivity contribution in [1.29, 1.82) is 0 Å². The fraction of sp³-hybridized carbons (Fsp3) is 0.462. The molecule has 1 aromatic carbocycles. The van der Waals surface area contributed by atoms with Crippen molar-refractivity contribution in [3.63, 3.8) is 0 Å². The van der Waals surface area contributed by atoms with Crippen molar-refractivity contribution in [1.82, 2.24) is 9.62 Å². The predicted molar refractivity (Wildman–Crippen MR) is 83.0 cm³/mol. The van der Waals surface area contributed by atoms with Gasteiger partial charge in [0.05, 0.1) is 16.6 Å². The average molecular weight is 461 g/mol. The number of thiol groups is 1. The van der Waals surface area contributed by atoms with E-state index in [0.717, 1.165) is 6.92 Å². The molecule has 1 aromatic rings. The molecule has 28 heavy (non-hydrogen) atoms. The van der Waals surface area contributed by atoms with Crippen LogP contribution in [-0.4, -0.2) is 50.3 Å². The van der Waals surface area contributed by atoms with Crippen molar-refractivity contribution < 1.29 is 48.7 Å². The number of halogens is 8. The van der Waals surface area contributed by atoms with Crippen LogP contribution in [0, 0.1) is 5.82 Å². The van der Waals surface area contributed by atoms with E-state index in [1.807, 2.05) is 0 Å². The average Bonchev–Trinajstić information content (AvgIpc) is 2.49. The molecule has 0 unspecified atom stereocenters. The quantitative estimate of drug-likeness (QED) is 0.373. The first kappa shape index (κ1) is 24.2. The van der Waals surface area contributed by atoms with Crippen LogP contribution in [0.15, 0.2) is 12.1 Å². The lowest BCUT2D eigenvalue weighted by molar-refractivity contribution is -0.220. The molecular formula is C13H12ClF7N2O4S. The van der Waals surface area contributed by atoms with Crippen molar-refractivity contribution in [2.75, 3.05) is 13.2 Å². The normalized spacial score (nSPS) is 13.7. The number of rotatable bonds is 7. The monoisotopic (exact) mass is 460 g/mol. The third-order valence-corrected chi connectivity index (χ3v) is 4.33. The summed E-state index contributed by atoms with van der Waals surface area (Å²) in [6.45, 7) is -1.86. The smallest absolute Gasteiger partial charge is 0.473 e. The highest BCUT2D eigenvalue weighted by atomic mass is 35.5. The number of carbonyl (C=O) groups excluding carboxylic acids is 1. The Balaban J connectivity index is 2.99. The second-order valence-electron chi connectivity index (χ2n) is 5.27. The maximum absolute atomic E-state index is 13.8. The Bertz CT molecular complexity index is 790. The Kier molecular flexibility index (Phi) is 7.91. The van der Waals surface area contributed by atoms with Gasteiger partial charge in [0.1, 0.15) is 13.2 Å². The molecule has 0 aliphatic rings. The summed E-state index contributed by atoms with van der Waals surface area (Å²) in [7, 11) is -4.07. The zero-order valence-corrected chi connectivity index (χ0v) is 15.3. The topological polar surface area (TPSA) is 75.7 Å². The second kappa shape index (κ2) is 9.13. The summed E-state index contributed by atoms with van der Waals surface area (Å²) in [5, 5.41) is 0.909.